The van der Waals surface area contributed by atoms with Crippen molar-refractivity contribution in [2.45, 2.75) is 57.7 Å². The van der Waals surface area contributed by atoms with E-state index >= 15 is 0 Å². The molecule has 170 valence electrons. The average Bonchev–Trinajstić information content (AvgIpc) is 3.38. The molecule has 2 saturated heterocycles. The predicted octanol–water partition coefficient (Wildman–Crippen LogP) is 1.62. The van der Waals surface area contributed by atoms with Crippen LogP contribution in [0.1, 0.15) is 38.7 Å². The molecule has 8 nitrogen and oxygen atoms in total. The van der Waals surface area contributed by atoms with Crippen LogP contribution in [0.2, 0.25) is 0 Å². The highest BCUT2D eigenvalue weighted by molar-refractivity contribution is 5.88. The number of carbonyl (C=O) groups is 3. The first kappa shape index (κ1) is 23.2. The van der Waals surface area contributed by atoms with E-state index in [0.29, 0.717) is 45.4 Å². The molecular formula is C23H32N2O6. The molecule has 3 rings (SSSR count). The normalized spacial score (nSPS) is 24.8. The molecule has 2 unspecified atom stereocenters. The van der Waals surface area contributed by atoms with E-state index in [1.54, 1.807) is 13.8 Å². The highest BCUT2D eigenvalue weighted by Gasteiger charge is 2.55. The van der Waals surface area contributed by atoms with Crippen LogP contribution in [0.25, 0.3) is 0 Å². The SMILES string of the molecule is CCOC(=O)[C@H](CCc1ccccc1)NC(C)C(=O)N1CCC2(CCOC2)[C@H]1C(=O)O. The molecule has 31 heavy (non-hydrogen) atoms. The monoisotopic (exact) mass is 432 g/mol. The number of aryl methyl sites for hydroxylation is 1. The second kappa shape index (κ2) is 10.2. The van der Waals surface area contributed by atoms with Gasteiger partial charge in [0.2, 0.25) is 5.91 Å². The predicted molar refractivity (Wildman–Crippen MR) is 113 cm³/mol. The summed E-state index contributed by atoms with van der Waals surface area (Å²) in [4.78, 5) is 39.2. The molecule has 1 spiro atoms. The van der Waals surface area contributed by atoms with Crippen molar-refractivity contribution in [3.63, 3.8) is 0 Å². The van der Waals surface area contributed by atoms with Gasteiger partial charge in [-0.1, -0.05) is 30.3 Å². The Morgan fingerprint density at radius 3 is 2.65 bits per heavy atom. The standard InChI is InChI=1S/C23H32N2O6/c1-3-31-22(29)18(10-9-17-7-5-4-6-8-17)24-16(2)20(26)25-13-11-23(12-14-30-15-23)19(25)21(27)28/h4-8,16,18-19,24H,3,9-15H2,1-2H3,(H,27,28)/t16?,18-,19+,23?/m0/s1. The molecular weight excluding hydrogens is 400 g/mol. The molecule has 1 aromatic carbocycles. The molecule has 1 amide bonds. The van der Waals surface area contributed by atoms with Crippen LogP contribution in [0.4, 0.5) is 0 Å². The van der Waals surface area contributed by atoms with Gasteiger partial charge in [-0.25, -0.2) is 4.79 Å². The minimum atomic E-state index is -1.01. The van der Waals surface area contributed by atoms with Gasteiger partial charge in [0.25, 0.3) is 0 Å². The molecule has 0 aromatic heterocycles. The van der Waals surface area contributed by atoms with E-state index < -0.39 is 35.5 Å². The van der Waals surface area contributed by atoms with Crippen molar-refractivity contribution in [2.75, 3.05) is 26.4 Å². The van der Waals surface area contributed by atoms with Crippen molar-refractivity contribution in [3.8, 4) is 0 Å². The van der Waals surface area contributed by atoms with Gasteiger partial charge >= 0.3 is 11.9 Å². The zero-order valence-corrected chi connectivity index (χ0v) is 18.2. The number of rotatable bonds is 9. The molecule has 2 aliphatic heterocycles. The lowest BCUT2D eigenvalue weighted by Crippen LogP contribution is -2.55. The van der Waals surface area contributed by atoms with E-state index in [-0.39, 0.29) is 12.5 Å². The number of hydrogen-bond donors (Lipinski definition) is 2. The zero-order chi connectivity index (χ0) is 22.4. The Morgan fingerprint density at radius 2 is 2.03 bits per heavy atom. The molecule has 0 aliphatic carbocycles. The summed E-state index contributed by atoms with van der Waals surface area (Å²) in [7, 11) is 0. The van der Waals surface area contributed by atoms with Gasteiger partial charge in [0.1, 0.15) is 12.1 Å². The Kier molecular flexibility index (Phi) is 7.67. The topological polar surface area (TPSA) is 105 Å². The molecule has 0 saturated carbocycles. The summed E-state index contributed by atoms with van der Waals surface area (Å²) >= 11 is 0. The summed E-state index contributed by atoms with van der Waals surface area (Å²) in [6, 6.07) is 7.51. The number of nitrogens with zero attached hydrogens (tertiary/aromatic N) is 1. The average molecular weight is 433 g/mol. The van der Waals surface area contributed by atoms with Gasteiger partial charge in [-0.3, -0.25) is 14.9 Å². The fraction of sp³-hybridized carbons (Fsp3) is 0.609. The van der Waals surface area contributed by atoms with Crippen LogP contribution in [0.15, 0.2) is 30.3 Å². The molecule has 2 heterocycles. The third kappa shape index (κ3) is 5.25. The smallest absolute Gasteiger partial charge is 0.327 e. The van der Waals surface area contributed by atoms with E-state index in [4.69, 9.17) is 9.47 Å². The fourth-order valence-corrected chi connectivity index (χ4v) is 4.70. The molecule has 0 bridgehead atoms. The van der Waals surface area contributed by atoms with Crippen molar-refractivity contribution < 1.29 is 29.0 Å². The number of amides is 1. The van der Waals surface area contributed by atoms with Gasteiger partial charge < -0.3 is 19.5 Å². The van der Waals surface area contributed by atoms with Crippen LogP contribution >= 0.6 is 0 Å². The number of hydrogen-bond acceptors (Lipinski definition) is 6. The molecule has 4 atom stereocenters. The van der Waals surface area contributed by atoms with E-state index in [1.165, 1.54) is 4.90 Å². The number of nitrogens with one attached hydrogen (secondary N) is 1. The van der Waals surface area contributed by atoms with E-state index in [0.717, 1.165) is 5.56 Å². The van der Waals surface area contributed by atoms with Crippen molar-refractivity contribution in [2.24, 2.45) is 5.41 Å². The second-order valence-corrected chi connectivity index (χ2v) is 8.40. The number of aliphatic carboxylic acids is 1. The quantitative estimate of drug-likeness (QED) is 0.571. The van der Waals surface area contributed by atoms with Crippen molar-refractivity contribution >= 4 is 17.8 Å². The summed E-state index contributed by atoms with van der Waals surface area (Å²) in [6.07, 6.45) is 2.37. The fourth-order valence-electron chi connectivity index (χ4n) is 4.70. The zero-order valence-electron chi connectivity index (χ0n) is 18.2. The largest absolute Gasteiger partial charge is 0.480 e. The third-order valence-electron chi connectivity index (χ3n) is 6.35. The van der Waals surface area contributed by atoms with Gasteiger partial charge in [0.15, 0.2) is 0 Å². The summed E-state index contributed by atoms with van der Waals surface area (Å²) in [5, 5.41) is 12.9. The number of carboxylic acid groups (broad SMARTS) is 1. The summed E-state index contributed by atoms with van der Waals surface area (Å²) in [5.74, 6) is -1.73. The molecule has 8 heteroatoms. The Morgan fingerprint density at radius 1 is 1.29 bits per heavy atom. The minimum absolute atomic E-state index is 0.250. The number of benzene rings is 1. The van der Waals surface area contributed by atoms with Crippen LogP contribution in [0, 0.1) is 5.41 Å². The number of esters is 1. The summed E-state index contributed by atoms with van der Waals surface area (Å²) in [5.41, 5.74) is 0.570. The van der Waals surface area contributed by atoms with Gasteiger partial charge in [0.05, 0.1) is 19.3 Å². The first-order valence-electron chi connectivity index (χ1n) is 11.0. The number of likely N-dealkylation sites (tertiary alicyclic amines) is 1. The molecule has 2 fully saturated rings. The van der Waals surface area contributed by atoms with Crippen LogP contribution in [-0.4, -0.2) is 72.3 Å². The maximum atomic E-state index is 13.2. The minimum Gasteiger partial charge on any atom is -0.480 e. The van der Waals surface area contributed by atoms with Crippen LogP contribution in [-0.2, 0) is 30.3 Å². The molecule has 1 aromatic rings. The van der Waals surface area contributed by atoms with Crippen LogP contribution in [0.3, 0.4) is 0 Å². The van der Waals surface area contributed by atoms with Gasteiger partial charge in [-0.05, 0) is 45.1 Å². The van der Waals surface area contributed by atoms with Crippen molar-refractivity contribution in [1.29, 1.82) is 0 Å². The Hall–Kier alpha value is -2.45. The maximum Gasteiger partial charge on any atom is 0.327 e. The first-order chi connectivity index (χ1) is 14.9. The molecule has 0 radical (unpaired) electrons. The van der Waals surface area contributed by atoms with Gasteiger partial charge in [-0.15, -0.1) is 0 Å². The Balaban J connectivity index is 1.68. The Labute approximate surface area is 182 Å². The highest BCUT2D eigenvalue weighted by Crippen LogP contribution is 2.44. The van der Waals surface area contributed by atoms with E-state index in [1.807, 2.05) is 30.3 Å². The van der Waals surface area contributed by atoms with Crippen molar-refractivity contribution in [3.05, 3.63) is 35.9 Å². The summed E-state index contributed by atoms with van der Waals surface area (Å²) in [6.45, 7) is 4.92. The van der Waals surface area contributed by atoms with Crippen LogP contribution in [0.5, 0.6) is 0 Å². The number of carboxylic acids is 1. The molecule has 2 N–H and O–H groups in total. The summed E-state index contributed by atoms with van der Waals surface area (Å²) < 4.78 is 10.7. The number of ether oxygens (including phenoxy) is 2. The molecule has 2 aliphatic rings. The maximum absolute atomic E-state index is 13.2. The third-order valence-corrected chi connectivity index (χ3v) is 6.35. The first-order valence-corrected chi connectivity index (χ1v) is 11.0. The lowest BCUT2D eigenvalue weighted by atomic mass is 9.79. The second-order valence-electron chi connectivity index (χ2n) is 8.40. The van der Waals surface area contributed by atoms with E-state index in [2.05, 4.69) is 5.32 Å². The van der Waals surface area contributed by atoms with Crippen LogP contribution < -0.4 is 5.32 Å². The van der Waals surface area contributed by atoms with Gasteiger partial charge in [0, 0.05) is 18.6 Å². The Bertz CT molecular complexity index is 778. The van der Waals surface area contributed by atoms with E-state index in [9.17, 15) is 19.5 Å². The van der Waals surface area contributed by atoms with Gasteiger partial charge in [-0.2, -0.15) is 0 Å². The highest BCUT2D eigenvalue weighted by atomic mass is 16.5. The lowest BCUT2D eigenvalue weighted by molar-refractivity contribution is -0.153. The lowest BCUT2D eigenvalue weighted by Gasteiger charge is -2.32. The number of carbonyl (C=O) groups excluding carboxylic acids is 2. The van der Waals surface area contributed by atoms with Crippen molar-refractivity contribution in [1.82, 2.24) is 10.2 Å².